The number of carboxylic acids is 1. The van der Waals surface area contributed by atoms with Gasteiger partial charge in [-0.2, -0.15) is 4.98 Å². The number of nitro benzene ring substituents is 1. The molecule has 9 heteroatoms. The summed E-state index contributed by atoms with van der Waals surface area (Å²) >= 11 is 0. The van der Waals surface area contributed by atoms with Gasteiger partial charge in [0.15, 0.2) is 0 Å². The van der Waals surface area contributed by atoms with Crippen LogP contribution in [0.2, 0.25) is 0 Å². The highest BCUT2D eigenvalue weighted by Gasteiger charge is 2.16. The number of rotatable bonds is 5. The maximum absolute atomic E-state index is 12.3. The summed E-state index contributed by atoms with van der Waals surface area (Å²) in [5.74, 6) is -0.781. The summed E-state index contributed by atoms with van der Waals surface area (Å²) in [5, 5.41) is 20.0. The van der Waals surface area contributed by atoms with Crippen molar-refractivity contribution in [3.8, 4) is 11.6 Å². The van der Waals surface area contributed by atoms with Gasteiger partial charge in [-0.15, -0.1) is 0 Å². The van der Waals surface area contributed by atoms with E-state index in [2.05, 4.69) is 4.98 Å². The number of aromatic nitrogens is 2. The molecule has 0 aliphatic carbocycles. The first-order chi connectivity index (χ1) is 12.4. The van der Waals surface area contributed by atoms with E-state index in [1.165, 1.54) is 42.6 Å². The molecule has 1 aromatic carbocycles. The largest absolute Gasteiger partial charge is 0.477 e. The topological polar surface area (TPSA) is 125 Å². The fraction of sp³-hybridized carbons (Fsp3) is 0.118. The van der Waals surface area contributed by atoms with Crippen LogP contribution < -0.4 is 10.2 Å². The Labute approximate surface area is 146 Å². The van der Waals surface area contributed by atoms with Gasteiger partial charge >= 0.3 is 5.97 Å². The predicted molar refractivity (Wildman–Crippen MR) is 91.8 cm³/mol. The van der Waals surface area contributed by atoms with Crippen molar-refractivity contribution in [1.29, 1.82) is 0 Å². The quantitative estimate of drug-likeness (QED) is 0.551. The molecule has 0 radical (unpaired) electrons. The number of benzene rings is 1. The van der Waals surface area contributed by atoms with Crippen LogP contribution in [0, 0.1) is 10.1 Å². The number of pyridine rings is 2. The molecule has 0 unspecified atom stereocenters. The van der Waals surface area contributed by atoms with Gasteiger partial charge in [-0.1, -0.05) is 0 Å². The van der Waals surface area contributed by atoms with Crippen molar-refractivity contribution >= 4 is 22.7 Å². The van der Waals surface area contributed by atoms with Gasteiger partial charge < -0.3 is 14.4 Å². The first-order valence-corrected chi connectivity index (χ1v) is 7.60. The van der Waals surface area contributed by atoms with Gasteiger partial charge in [-0.3, -0.25) is 14.9 Å². The summed E-state index contributed by atoms with van der Waals surface area (Å²) in [6.45, 7) is 2.20. The number of aromatic carboxylic acids is 1. The maximum atomic E-state index is 12.3. The molecule has 0 spiro atoms. The van der Waals surface area contributed by atoms with Crippen molar-refractivity contribution in [3.05, 3.63) is 68.5 Å². The Morgan fingerprint density at radius 2 is 1.96 bits per heavy atom. The molecular formula is C17H13N3O6. The van der Waals surface area contributed by atoms with Gasteiger partial charge in [-0.25, -0.2) is 4.79 Å². The van der Waals surface area contributed by atoms with E-state index in [0.717, 1.165) is 0 Å². The van der Waals surface area contributed by atoms with Crippen LogP contribution in [0.25, 0.3) is 11.0 Å². The third-order valence-electron chi connectivity index (χ3n) is 3.74. The van der Waals surface area contributed by atoms with E-state index in [-0.39, 0.29) is 22.5 Å². The number of non-ortho nitro benzene ring substituents is 1. The standard InChI is InChI=1S/C17H13N3O6/c1-2-19-9-13(17(22)23)15(21)12-7-8-14(18-16(12)19)26-11-5-3-10(4-6-11)20(24)25/h3-9H,2H2,1H3,(H,22,23). The molecule has 2 heterocycles. The number of carboxylic acid groups (broad SMARTS) is 1. The minimum atomic E-state index is -1.30. The molecule has 26 heavy (non-hydrogen) atoms. The minimum absolute atomic E-state index is 0.0650. The van der Waals surface area contributed by atoms with Crippen LogP contribution in [-0.2, 0) is 6.54 Å². The fourth-order valence-electron chi connectivity index (χ4n) is 2.45. The molecule has 132 valence electrons. The highest BCUT2D eigenvalue weighted by atomic mass is 16.6. The Morgan fingerprint density at radius 3 is 2.54 bits per heavy atom. The molecule has 0 amide bonds. The van der Waals surface area contributed by atoms with Crippen LogP contribution in [0.3, 0.4) is 0 Å². The van der Waals surface area contributed by atoms with E-state index in [0.29, 0.717) is 17.9 Å². The highest BCUT2D eigenvalue weighted by Crippen LogP contribution is 2.24. The molecule has 0 aliphatic rings. The SMILES string of the molecule is CCn1cc(C(=O)O)c(=O)c2ccc(Oc3ccc([N+](=O)[O-])cc3)nc21. The molecule has 9 nitrogen and oxygen atoms in total. The Balaban J connectivity index is 2.03. The van der Waals surface area contributed by atoms with E-state index in [9.17, 15) is 19.7 Å². The third kappa shape index (κ3) is 3.09. The lowest BCUT2D eigenvalue weighted by Crippen LogP contribution is -2.19. The van der Waals surface area contributed by atoms with Gasteiger partial charge in [0.2, 0.25) is 11.3 Å². The molecule has 3 aromatic rings. The molecule has 3 rings (SSSR count). The zero-order valence-electron chi connectivity index (χ0n) is 13.6. The molecule has 0 saturated carbocycles. The lowest BCUT2D eigenvalue weighted by Gasteiger charge is -2.11. The fourth-order valence-corrected chi connectivity index (χ4v) is 2.45. The van der Waals surface area contributed by atoms with Gasteiger partial charge in [0, 0.05) is 30.9 Å². The summed E-state index contributed by atoms with van der Waals surface area (Å²) in [7, 11) is 0. The monoisotopic (exact) mass is 355 g/mol. The summed E-state index contributed by atoms with van der Waals surface area (Å²) in [4.78, 5) is 37.9. The van der Waals surface area contributed by atoms with Crippen LogP contribution in [0.4, 0.5) is 5.69 Å². The van der Waals surface area contributed by atoms with E-state index in [1.807, 2.05) is 0 Å². The molecular weight excluding hydrogens is 342 g/mol. The van der Waals surface area contributed by atoms with Crippen molar-refractivity contribution in [2.24, 2.45) is 0 Å². The molecule has 1 N–H and O–H groups in total. The minimum Gasteiger partial charge on any atom is -0.477 e. The Hall–Kier alpha value is -3.75. The molecule has 0 bridgehead atoms. The Kier molecular flexibility index (Phi) is 4.36. The van der Waals surface area contributed by atoms with Crippen molar-refractivity contribution in [2.75, 3.05) is 0 Å². The van der Waals surface area contributed by atoms with Crippen molar-refractivity contribution < 1.29 is 19.6 Å². The lowest BCUT2D eigenvalue weighted by molar-refractivity contribution is -0.384. The van der Waals surface area contributed by atoms with Crippen LogP contribution in [0.1, 0.15) is 17.3 Å². The third-order valence-corrected chi connectivity index (χ3v) is 3.74. The van der Waals surface area contributed by atoms with Gasteiger partial charge in [0.05, 0.1) is 10.3 Å². The van der Waals surface area contributed by atoms with Crippen LogP contribution >= 0.6 is 0 Å². The number of nitrogens with zero attached hydrogens (tertiary/aromatic N) is 3. The van der Waals surface area contributed by atoms with Crippen LogP contribution in [0.5, 0.6) is 11.6 Å². The maximum Gasteiger partial charge on any atom is 0.341 e. The van der Waals surface area contributed by atoms with Crippen molar-refractivity contribution in [2.45, 2.75) is 13.5 Å². The first-order valence-electron chi connectivity index (χ1n) is 7.60. The number of hydrogen-bond donors (Lipinski definition) is 1. The van der Waals surface area contributed by atoms with Crippen LogP contribution in [0.15, 0.2) is 47.4 Å². The average molecular weight is 355 g/mol. The molecule has 2 aromatic heterocycles. The average Bonchev–Trinajstić information content (AvgIpc) is 2.62. The second kappa shape index (κ2) is 6.63. The van der Waals surface area contributed by atoms with Gasteiger partial charge in [0.1, 0.15) is 17.0 Å². The van der Waals surface area contributed by atoms with Gasteiger partial charge in [-0.05, 0) is 25.1 Å². The van der Waals surface area contributed by atoms with E-state index < -0.39 is 16.3 Å². The van der Waals surface area contributed by atoms with E-state index >= 15 is 0 Å². The zero-order valence-corrected chi connectivity index (χ0v) is 13.6. The second-order valence-electron chi connectivity index (χ2n) is 5.34. The number of fused-ring (bicyclic) bond motifs is 1. The summed E-state index contributed by atoms with van der Waals surface area (Å²) < 4.78 is 7.12. The number of hydrogen-bond acceptors (Lipinski definition) is 6. The molecule has 0 saturated heterocycles. The molecule has 0 aliphatic heterocycles. The van der Waals surface area contributed by atoms with Gasteiger partial charge in [0.25, 0.3) is 5.69 Å². The zero-order chi connectivity index (χ0) is 18.8. The predicted octanol–water partition coefficient (Wildman–Crippen LogP) is 2.82. The van der Waals surface area contributed by atoms with E-state index in [4.69, 9.17) is 9.84 Å². The summed E-state index contributed by atoms with van der Waals surface area (Å²) in [6.07, 6.45) is 1.25. The Bertz CT molecular complexity index is 1070. The lowest BCUT2D eigenvalue weighted by atomic mass is 10.2. The smallest absolute Gasteiger partial charge is 0.341 e. The first kappa shape index (κ1) is 17.1. The highest BCUT2D eigenvalue weighted by molar-refractivity contribution is 5.91. The second-order valence-corrected chi connectivity index (χ2v) is 5.34. The molecule has 0 atom stereocenters. The number of aryl methyl sites for hydroxylation is 1. The number of carbonyl (C=O) groups is 1. The van der Waals surface area contributed by atoms with E-state index in [1.54, 1.807) is 11.5 Å². The number of nitro groups is 1. The van der Waals surface area contributed by atoms with Crippen LogP contribution in [-0.4, -0.2) is 25.6 Å². The Morgan fingerprint density at radius 1 is 1.27 bits per heavy atom. The normalized spacial score (nSPS) is 10.7. The van der Waals surface area contributed by atoms with Crippen molar-refractivity contribution in [3.63, 3.8) is 0 Å². The molecule has 0 fully saturated rings. The number of ether oxygens (including phenoxy) is 1. The van der Waals surface area contributed by atoms with Crippen molar-refractivity contribution in [1.82, 2.24) is 9.55 Å². The summed E-state index contributed by atoms with van der Waals surface area (Å²) in [5.41, 5.74) is -0.719. The summed E-state index contributed by atoms with van der Waals surface area (Å²) in [6, 6.07) is 8.37.